The predicted octanol–water partition coefficient (Wildman–Crippen LogP) is 3.81. The smallest absolute Gasteiger partial charge is 0.253 e. The summed E-state index contributed by atoms with van der Waals surface area (Å²) in [5.41, 5.74) is 2.76. The van der Waals surface area contributed by atoms with Crippen LogP contribution < -0.4 is 5.32 Å². The van der Waals surface area contributed by atoms with E-state index >= 15 is 0 Å². The van der Waals surface area contributed by atoms with Crippen molar-refractivity contribution in [3.8, 4) is 0 Å². The molecule has 0 saturated carbocycles. The topological polar surface area (TPSA) is 76.9 Å². The van der Waals surface area contributed by atoms with Gasteiger partial charge < -0.3 is 9.88 Å². The van der Waals surface area contributed by atoms with Crippen LogP contribution >= 0.6 is 0 Å². The lowest BCUT2D eigenvalue weighted by Gasteiger charge is -2.16. The Morgan fingerprint density at radius 1 is 0.966 bits per heavy atom. The van der Waals surface area contributed by atoms with Gasteiger partial charge in [-0.1, -0.05) is 42.5 Å². The molecule has 4 rings (SSSR count). The number of carbonyl (C=O) groups is 2. The minimum atomic E-state index is -0.390. The number of nitrogens with one attached hydrogen (secondary N) is 1. The van der Waals surface area contributed by atoms with Crippen molar-refractivity contribution in [2.75, 3.05) is 0 Å². The van der Waals surface area contributed by atoms with E-state index in [2.05, 4.69) is 15.3 Å². The van der Waals surface area contributed by atoms with Crippen LogP contribution in [0.1, 0.15) is 39.5 Å². The van der Waals surface area contributed by atoms with Crippen molar-refractivity contribution in [2.24, 2.45) is 0 Å². The standard InChI is InChI=1S/C23H20N4O2/c1-16(25-23(29)18-10-7-13-24-14-18)22-26-19-11-5-6-12-20(19)27(22)15-21(28)17-8-3-2-4-9-17/h2-14,16H,15H2,1H3,(H,25,29). The van der Waals surface area contributed by atoms with Gasteiger partial charge in [-0.25, -0.2) is 4.98 Å². The van der Waals surface area contributed by atoms with Crippen LogP contribution in [-0.2, 0) is 6.54 Å². The average molecular weight is 384 g/mol. The third-order valence-corrected chi connectivity index (χ3v) is 4.74. The van der Waals surface area contributed by atoms with Crippen LogP contribution in [0.5, 0.6) is 0 Å². The van der Waals surface area contributed by atoms with Gasteiger partial charge in [-0.2, -0.15) is 0 Å². The van der Waals surface area contributed by atoms with Gasteiger partial charge in [0, 0.05) is 18.0 Å². The number of fused-ring (bicyclic) bond motifs is 1. The van der Waals surface area contributed by atoms with Crippen molar-refractivity contribution < 1.29 is 9.59 Å². The number of ketones is 1. The van der Waals surface area contributed by atoms with Gasteiger partial charge in [-0.05, 0) is 31.2 Å². The van der Waals surface area contributed by atoms with Gasteiger partial charge in [0.05, 0.1) is 29.2 Å². The molecule has 0 saturated heterocycles. The van der Waals surface area contributed by atoms with Gasteiger partial charge in [0.2, 0.25) is 0 Å². The average Bonchev–Trinajstić information content (AvgIpc) is 3.13. The second-order valence-electron chi connectivity index (χ2n) is 6.77. The summed E-state index contributed by atoms with van der Waals surface area (Å²) in [6.07, 6.45) is 3.14. The van der Waals surface area contributed by atoms with Crippen molar-refractivity contribution in [1.29, 1.82) is 0 Å². The predicted molar refractivity (Wildman–Crippen MR) is 111 cm³/mol. The SMILES string of the molecule is CC(NC(=O)c1cccnc1)c1nc2ccccc2n1CC(=O)c1ccccc1. The van der Waals surface area contributed by atoms with Crippen LogP contribution in [0.2, 0.25) is 0 Å². The number of hydrogen-bond donors (Lipinski definition) is 1. The molecule has 1 atom stereocenters. The summed E-state index contributed by atoms with van der Waals surface area (Å²) in [4.78, 5) is 34.0. The Hall–Kier alpha value is -3.80. The van der Waals surface area contributed by atoms with E-state index in [4.69, 9.17) is 0 Å². The molecule has 4 aromatic rings. The second kappa shape index (κ2) is 8.06. The largest absolute Gasteiger partial charge is 0.342 e. The molecule has 1 unspecified atom stereocenters. The Morgan fingerprint density at radius 2 is 1.69 bits per heavy atom. The highest BCUT2D eigenvalue weighted by Gasteiger charge is 2.21. The maximum atomic E-state index is 12.8. The minimum absolute atomic E-state index is 0.0132. The number of nitrogens with zero attached hydrogens (tertiary/aromatic N) is 3. The molecular weight excluding hydrogens is 364 g/mol. The van der Waals surface area contributed by atoms with Gasteiger partial charge in [0.25, 0.3) is 5.91 Å². The Bertz CT molecular complexity index is 1150. The van der Waals surface area contributed by atoms with Gasteiger partial charge in [0.1, 0.15) is 5.82 Å². The molecule has 0 aliphatic carbocycles. The summed E-state index contributed by atoms with van der Waals surface area (Å²) >= 11 is 0. The zero-order valence-corrected chi connectivity index (χ0v) is 15.9. The number of para-hydroxylation sites is 2. The fourth-order valence-corrected chi connectivity index (χ4v) is 3.29. The number of pyridine rings is 1. The van der Waals surface area contributed by atoms with Crippen LogP contribution in [0.3, 0.4) is 0 Å². The van der Waals surface area contributed by atoms with Crippen LogP contribution in [0, 0.1) is 0 Å². The van der Waals surface area contributed by atoms with Crippen LogP contribution in [0.4, 0.5) is 0 Å². The van der Waals surface area contributed by atoms with Crippen molar-refractivity contribution in [3.05, 3.63) is 96.1 Å². The molecule has 144 valence electrons. The molecule has 0 radical (unpaired) electrons. The molecule has 0 aliphatic heterocycles. The molecule has 2 aromatic heterocycles. The van der Waals surface area contributed by atoms with Crippen molar-refractivity contribution in [2.45, 2.75) is 19.5 Å². The van der Waals surface area contributed by atoms with E-state index in [-0.39, 0.29) is 18.2 Å². The van der Waals surface area contributed by atoms with E-state index < -0.39 is 6.04 Å². The maximum Gasteiger partial charge on any atom is 0.253 e. The Balaban J connectivity index is 1.66. The molecule has 0 aliphatic rings. The molecule has 2 aromatic carbocycles. The van der Waals surface area contributed by atoms with Gasteiger partial charge in [-0.15, -0.1) is 0 Å². The molecule has 0 fully saturated rings. The fraction of sp³-hybridized carbons (Fsp3) is 0.130. The normalized spacial score (nSPS) is 11.9. The third-order valence-electron chi connectivity index (χ3n) is 4.74. The zero-order valence-electron chi connectivity index (χ0n) is 15.9. The number of Topliss-reactive ketones (excluding diaryl/α,β-unsaturated/α-hetero) is 1. The first kappa shape index (κ1) is 18.6. The number of benzene rings is 2. The van der Waals surface area contributed by atoms with Crippen molar-refractivity contribution in [3.63, 3.8) is 0 Å². The molecule has 29 heavy (non-hydrogen) atoms. The van der Waals surface area contributed by atoms with E-state index in [9.17, 15) is 9.59 Å². The fourth-order valence-electron chi connectivity index (χ4n) is 3.29. The van der Waals surface area contributed by atoms with E-state index in [1.807, 2.05) is 54.0 Å². The third kappa shape index (κ3) is 3.91. The van der Waals surface area contributed by atoms with Gasteiger partial charge in [-0.3, -0.25) is 14.6 Å². The summed E-state index contributed by atoms with van der Waals surface area (Å²) < 4.78 is 1.87. The number of carbonyl (C=O) groups excluding carboxylic acids is 2. The molecule has 1 N–H and O–H groups in total. The molecule has 1 amide bonds. The summed E-state index contributed by atoms with van der Waals surface area (Å²) in [5, 5.41) is 2.95. The Labute approximate surface area is 168 Å². The van der Waals surface area contributed by atoms with Crippen molar-refractivity contribution >= 4 is 22.7 Å². The van der Waals surface area contributed by atoms with Crippen LogP contribution in [0.25, 0.3) is 11.0 Å². The highest BCUT2D eigenvalue weighted by atomic mass is 16.1. The van der Waals surface area contributed by atoms with E-state index in [1.54, 1.807) is 30.5 Å². The monoisotopic (exact) mass is 384 g/mol. The number of amides is 1. The molecule has 6 heteroatoms. The first-order valence-electron chi connectivity index (χ1n) is 9.38. The van der Waals surface area contributed by atoms with E-state index in [1.165, 1.54) is 6.20 Å². The quantitative estimate of drug-likeness (QED) is 0.513. The van der Waals surface area contributed by atoms with Gasteiger partial charge >= 0.3 is 0 Å². The van der Waals surface area contributed by atoms with Gasteiger partial charge in [0.15, 0.2) is 5.78 Å². The lowest BCUT2D eigenvalue weighted by molar-refractivity contribution is 0.0937. The first-order valence-corrected chi connectivity index (χ1v) is 9.38. The summed E-state index contributed by atoms with van der Waals surface area (Å²) in [6.45, 7) is 2.01. The number of imidazole rings is 1. The number of hydrogen-bond acceptors (Lipinski definition) is 4. The molecule has 6 nitrogen and oxygen atoms in total. The summed E-state index contributed by atoms with van der Waals surface area (Å²) in [7, 11) is 0. The zero-order chi connectivity index (χ0) is 20.2. The lowest BCUT2D eigenvalue weighted by Crippen LogP contribution is -2.29. The Kier molecular flexibility index (Phi) is 5.16. The first-order chi connectivity index (χ1) is 14.1. The number of rotatable bonds is 6. The van der Waals surface area contributed by atoms with E-state index in [0.29, 0.717) is 17.0 Å². The van der Waals surface area contributed by atoms with Crippen LogP contribution in [-0.4, -0.2) is 26.2 Å². The number of aromatic nitrogens is 3. The molecule has 0 spiro atoms. The van der Waals surface area contributed by atoms with Crippen LogP contribution in [0.15, 0.2) is 79.1 Å². The highest BCUT2D eigenvalue weighted by Crippen LogP contribution is 2.22. The second-order valence-corrected chi connectivity index (χ2v) is 6.77. The van der Waals surface area contributed by atoms with E-state index in [0.717, 1.165) is 11.0 Å². The molecule has 2 heterocycles. The molecular formula is C23H20N4O2. The lowest BCUT2D eigenvalue weighted by atomic mass is 10.1. The van der Waals surface area contributed by atoms with Crippen molar-refractivity contribution in [1.82, 2.24) is 19.9 Å². The summed E-state index contributed by atoms with van der Waals surface area (Å²) in [6, 6.07) is 19.8. The highest BCUT2D eigenvalue weighted by molar-refractivity contribution is 5.97. The minimum Gasteiger partial charge on any atom is -0.342 e. The Morgan fingerprint density at radius 3 is 2.45 bits per heavy atom. The maximum absolute atomic E-state index is 12.8. The summed E-state index contributed by atoms with van der Waals surface area (Å²) in [5.74, 6) is 0.382. The molecule has 0 bridgehead atoms.